The van der Waals surface area contributed by atoms with Gasteiger partial charge in [-0.2, -0.15) is 11.3 Å². The van der Waals surface area contributed by atoms with E-state index in [-0.39, 0.29) is 6.04 Å². The molecule has 6 heteroatoms. The molecule has 0 aliphatic carbocycles. The Labute approximate surface area is 118 Å². The summed E-state index contributed by atoms with van der Waals surface area (Å²) in [7, 11) is 0. The van der Waals surface area contributed by atoms with Crippen LogP contribution < -0.4 is 11.3 Å². The quantitative estimate of drug-likeness (QED) is 0.640. The van der Waals surface area contributed by atoms with Crippen LogP contribution in [0.1, 0.15) is 23.6 Å². The summed E-state index contributed by atoms with van der Waals surface area (Å²) in [5, 5.41) is 4.23. The topological polar surface area (TPSA) is 38.0 Å². The Morgan fingerprint density at radius 2 is 2.24 bits per heavy atom. The zero-order valence-electron chi connectivity index (χ0n) is 8.95. The van der Waals surface area contributed by atoms with Crippen molar-refractivity contribution < 1.29 is 0 Å². The van der Waals surface area contributed by atoms with Gasteiger partial charge in [0, 0.05) is 11.6 Å². The van der Waals surface area contributed by atoms with Crippen LogP contribution in [0.2, 0.25) is 8.67 Å². The van der Waals surface area contributed by atoms with Gasteiger partial charge in [-0.3, -0.25) is 11.3 Å². The first-order valence-electron chi connectivity index (χ1n) is 5.12. The molecule has 0 bridgehead atoms. The van der Waals surface area contributed by atoms with Crippen LogP contribution in [0.5, 0.6) is 0 Å². The standard InChI is InChI=1S/C11H12Cl2N2S2/c12-10-5-8(11(13)17-10)9(15-14)2-1-7-3-4-16-6-7/h3-6,9,15H,1-2,14H2. The van der Waals surface area contributed by atoms with Crippen LogP contribution in [-0.2, 0) is 6.42 Å². The number of hydrogen-bond donors (Lipinski definition) is 2. The van der Waals surface area contributed by atoms with Crippen molar-refractivity contribution in [3.8, 4) is 0 Å². The number of hydrogen-bond acceptors (Lipinski definition) is 4. The van der Waals surface area contributed by atoms with Crippen LogP contribution in [0.15, 0.2) is 22.9 Å². The highest BCUT2D eigenvalue weighted by atomic mass is 35.5. The smallest absolute Gasteiger partial charge is 0.0992 e. The molecule has 17 heavy (non-hydrogen) atoms. The van der Waals surface area contributed by atoms with Crippen molar-refractivity contribution >= 4 is 45.9 Å². The fourth-order valence-electron chi connectivity index (χ4n) is 1.67. The lowest BCUT2D eigenvalue weighted by molar-refractivity contribution is 0.518. The molecule has 2 aromatic heterocycles. The monoisotopic (exact) mass is 306 g/mol. The number of aryl methyl sites for hydroxylation is 1. The Morgan fingerprint density at radius 3 is 2.76 bits per heavy atom. The molecule has 0 aliphatic heterocycles. The largest absolute Gasteiger partial charge is 0.271 e. The van der Waals surface area contributed by atoms with Crippen LogP contribution in [0.25, 0.3) is 0 Å². The maximum atomic E-state index is 6.12. The third kappa shape index (κ3) is 3.44. The average molecular weight is 307 g/mol. The molecule has 2 heterocycles. The van der Waals surface area contributed by atoms with Crippen LogP contribution in [0, 0.1) is 0 Å². The number of nitrogens with two attached hydrogens (primary N) is 1. The highest BCUT2D eigenvalue weighted by Crippen LogP contribution is 2.36. The van der Waals surface area contributed by atoms with E-state index in [0.717, 1.165) is 18.4 Å². The van der Waals surface area contributed by atoms with Gasteiger partial charge < -0.3 is 0 Å². The molecule has 2 aromatic rings. The van der Waals surface area contributed by atoms with E-state index in [2.05, 4.69) is 22.3 Å². The van der Waals surface area contributed by atoms with Crippen molar-refractivity contribution in [1.82, 2.24) is 5.43 Å². The van der Waals surface area contributed by atoms with Crippen molar-refractivity contribution in [2.45, 2.75) is 18.9 Å². The van der Waals surface area contributed by atoms with E-state index in [1.54, 1.807) is 11.3 Å². The first-order valence-corrected chi connectivity index (χ1v) is 7.64. The number of nitrogens with one attached hydrogen (secondary N) is 1. The summed E-state index contributed by atoms with van der Waals surface area (Å²) in [5.41, 5.74) is 5.11. The molecule has 0 saturated heterocycles. The fourth-order valence-corrected chi connectivity index (χ4v) is 3.95. The van der Waals surface area contributed by atoms with E-state index < -0.39 is 0 Å². The third-order valence-electron chi connectivity index (χ3n) is 2.56. The Balaban J connectivity index is 2.04. The maximum absolute atomic E-state index is 6.12. The first kappa shape index (κ1) is 13.3. The second kappa shape index (κ2) is 6.18. The minimum atomic E-state index is 0.0474. The second-order valence-corrected chi connectivity index (χ2v) is 6.73. The number of rotatable bonds is 5. The molecule has 0 amide bonds. The second-order valence-electron chi connectivity index (χ2n) is 3.67. The predicted octanol–water partition coefficient (Wildman–Crippen LogP) is 4.25. The molecule has 0 radical (unpaired) electrons. The van der Waals surface area contributed by atoms with Crippen LogP contribution in [-0.4, -0.2) is 0 Å². The summed E-state index contributed by atoms with van der Waals surface area (Å²) in [6, 6.07) is 4.05. The Hall–Kier alpha value is -0.100. The summed E-state index contributed by atoms with van der Waals surface area (Å²) in [6.45, 7) is 0. The van der Waals surface area contributed by atoms with Crippen molar-refractivity contribution in [3.63, 3.8) is 0 Å². The van der Waals surface area contributed by atoms with Crippen LogP contribution in [0.4, 0.5) is 0 Å². The fraction of sp³-hybridized carbons (Fsp3) is 0.273. The summed E-state index contributed by atoms with van der Waals surface area (Å²) >= 11 is 15.1. The molecule has 0 aliphatic rings. The minimum Gasteiger partial charge on any atom is -0.271 e. The minimum absolute atomic E-state index is 0.0474. The van der Waals surface area contributed by atoms with Gasteiger partial charge in [0.05, 0.1) is 8.67 Å². The van der Waals surface area contributed by atoms with Gasteiger partial charge in [0.2, 0.25) is 0 Å². The van der Waals surface area contributed by atoms with Gasteiger partial charge in [-0.05, 0) is 41.3 Å². The van der Waals surface area contributed by atoms with Crippen LogP contribution >= 0.6 is 45.9 Å². The van der Waals surface area contributed by atoms with E-state index in [1.807, 2.05) is 6.07 Å². The SMILES string of the molecule is NNC(CCc1ccsc1)c1cc(Cl)sc1Cl. The van der Waals surface area contributed by atoms with E-state index in [0.29, 0.717) is 8.67 Å². The summed E-state index contributed by atoms with van der Waals surface area (Å²) in [6.07, 6.45) is 1.88. The molecule has 0 aromatic carbocycles. The number of hydrazine groups is 1. The number of halogens is 2. The van der Waals surface area contributed by atoms with Gasteiger partial charge in [0.15, 0.2) is 0 Å². The molecule has 3 N–H and O–H groups in total. The predicted molar refractivity (Wildman–Crippen MR) is 77.0 cm³/mol. The molecule has 92 valence electrons. The molecule has 2 nitrogen and oxygen atoms in total. The molecule has 0 saturated carbocycles. The highest BCUT2D eigenvalue weighted by molar-refractivity contribution is 7.20. The highest BCUT2D eigenvalue weighted by Gasteiger charge is 2.16. The summed E-state index contributed by atoms with van der Waals surface area (Å²) in [5.74, 6) is 5.58. The third-order valence-corrected chi connectivity index (χ3v) is 4.81. The van der Waals surface area contributed by atoms with E-state index in [4.69, 9.17) is 29.0 Å². The zero-order valence-corrected chi connectivity index (χ0v) is 12.1. The summed E-state index contributed by atoms with van der Waals surface area (Å²) in [4.78, 5) is 0. The molecule has 0 spiro atoms. The van der Waals surface area contributed by atoms with E-state index in [1.165, 1.54) is 16.9 Å². The van der Waals surface area contributed by atoms with Crippen LogP contribution in [0.3, 0.4) is 0 Å². The number of thiophene rings is 2. The normalized spacial score (nSPS) is 12.9. The lowest BCUT2D eigenvalue weighted by Crippen LogP contribution is -2.28. The molecular formula is C11H12Cl2N2S2. The lowest BCUT2D eigenvalue weighted by Gasteiger charge is -2.14. The Kier molecular flexibility index (Phi) is 4.85. The van der Waals surface area contributed by atoms with Gasteiger partial charge in [-0.15, -0.1) is 11.3 Å². The molecule has 1 unspecified atom stereocenters. The van der Waals surface area contributed by atoms with Gasteiger partial charge >= 0.3 is 0 Å². The first-order chi connectivity index (χ1) is 8.20. The van der Waals surface area contributed by atoms with E-state index in [9.17, 15) is 0 Å². The Morgan fingerprint density at radius 1 is 1.41 bits per heavy atom. The van der Waals surface area contributed by atoms with Crippen molar-refractivity contribution in [1.29, 1.82) is 0 Å². The molecular weight excluding hydrogens is 295 g/mol. The van der Waals surface area contributed by atoms with Gasteiger partial charge in [-0.1, -0.05) is 23.2 Å². The molecule has 1 atom stereocenters. The van der Waals surface area contributed by atoms with Crippen molar-refractivity contribution in [3.05, 3.63) is 42.7 Å². The average Bonchev–Trinajstić information content (AvgIpc) is 2.90. The summed E-state index contributed by atoms with van der Waals surface area (Å²) < 4.78 is 1.41. The Bertz CT molecular complexity index is 468. The maximum Gasteiger partial charge on any atom is 0.0992 e. The van der Waals surface area contributed by atoms with Crippen molar-refractivity contribution in [2.75, 3.05) is 0 Å². The van der Waals surface area contributed by atoms with Gasteiger partial charge in [0.25, 0.3) is 0 Å². The van der Waals surface area contributed by atoms with E-state index >= 15 is 0 Å². The lowest BCUT2D eigenvalue weighted by atomic mass is 10.0. The van der Waals surface area contributed by atoms with Crippen molar-refractivity contribution in [2.24, 2.45) is 5.84 Å². The van der Waals surface area contributed by atoms with Gasteiger partial charge in [0.1, 0.15) is 0 Å². The zero-order chi connectivity index (χ0) is 12.3. The van der Waals surface area contributed by atoms with Gasteiger partial charge in [-0.25, -0.2) is 0 Å². The molecule has 2 rings (SSSR count). The molecule has 0 fully saturated rings.